The molecule has 88 valence electrons. The Kier molecular flexibility index (Phi) is 3.96. The standard InChI is InChI=1S/C11H9BrFN3S/c1-14-11-15-6-9(13)10(16-11)17-8-4-2-7(12)3-5-8/h2-6H,1H3,(H,14,15,16). The van der Waals surface area contributed by atoms with Gasteiger partial charge in [-0.25, -0.2) is 14.4 Å². The van der Waals surface area contributed by atoms with Crippen LogP contribution in [0.4, 0.5) is 10.3 Å². The molecule has 1 aromatic heterocycles. The average molecular weight is 314 g/mol. The number of anilines is 1. The van der Waals surface area contributed by atoms with E-state index in [-0.39, 0.29) is 0 Å². The Morgan fingerprint density at radius 2 is 2.00 bits per heavy atom. The van der Waals surface area contributed by atoms with Gasteiger partial charge >= 0.3 is 0 Å². The van der Waals surface area contributed by atoms with Crippen LogP contribution in [0.25, 0.3) is 0 Å². The summed E-state index contributed by atoms with van der Waals surface area (Å²) in [7, 11) is 1.70. The van der Waals surface area contributed by atoms with Crippen molar-refractivity contribution in [3.8, 4) is 0 Å². The Hall–Kier alpha value is -1.14. The van der Waals surface area contributed by atoms with Crippen LogP contribution in [0, 0.1) is 5.82 Å². The molecule has 17 heavy (non-hydrogen) atoms. The largest absolute Gasteiger partial charge is 0.357 e. The average Bonchev–Trinajstić information content (AvgIpc) is 2.35. The quantitative estimate of drug-likeness (QED) is 0.879. The van der Waals surface area contributed by atoms with Crippen molar-refractivity contribution in [2.45, 2.75) is 9.92 Å². The molecule has 0 fully saturated rings. The summed E-state index contributed by atoms with van der Waals surface area (Å²) in [5.41, 5.74) is 0. The van der Waals surface area contributed by atoms with Gasteiger partial charge in [0.15, 0.2) is 5.82 Å². The summed E-state index contributed by atoms with van der Waals surface area (Å²) in [4.78, 5) is 8.78. The second kappa shape index (κ2) is 5.46. The molecule has 3 nitrogen and oxygen atoms in total. The van der Waals surface area contributed by atoms with E-state index < -0.39 is 5.82 Å². The molecule has 1 aromatic carbocycles. The van der Waals surface area contributed by atoms with E-state index in [0.717, 1.165) is 9.37 Å². The minimum absolute atomic E-state index is 0.312. The van der Waals surface area contributed by atoms with Crippen LogP contribution in [0.1, 0.15) is 0 Å². The normalized spacial score (nSPS) is 10.3. The van der Waals surface area contributed by atoms with Crippen molar-refractivity contribution in [2.75, 3.05) is 12.4 Å². The second-order valence-corrected chi connectivity index (χ2v) is 5.13. The van der Waals surface area contributed by atoms with Gasteiger partial charge in [0.05, 0.1) is 6.20 Å². The highest BCUT2D eigenvalue weighted by atomic mass is 79.9. The summed E-state index contributed by atoms with van der Waals surface area (Å²) >= 11 is 4.61. The lowest BCUT2D eigenvalue weighted by Gasteiger charge is -2.04. The number of nitrogens with zero attached hydrogens (tertiary/aromatic N) is 2. The van der Waals surface area contributed by atoms with Crippen molar-refractivity contribution < 1.29 is 4.39 Å². The van der Waals surface area contributed by atoms with Crippen molar-refractivity contribution in [3.05, 3.63) is 40.8 Å². The maximum atomic E-state index is 13.5. The maximum absolute atomic E-state index is 13.5. The highest BCUT2D eigenvalue weighted by Gasteiger charge is 2.08. The molecule has 0 aliphatic carbocycles. The van der Waals surface area contributed by atoms with E-state index in [1.54, 1.807) is 7.05 Å². The topological polar surface area (TPSA) is 37.8 Å². The third-order valence-electron chi connectivity index (χ3n) is 1.96. The minimum atomic E-state index is -0.420. The molecular weight excluding hydrogens is 305 g/mol. The monoisotopic (exact) mass is 313 g/mol. The van der Waals surface area contributed by atoms with Crippen LogP contribution in [0.2, 0.25) is 0 Å². The molecule has 0 bridgehead atoms. The minimum Gasteiger partial charge on any atom is -0.357 e. The zero-order valence-corrected chi connectivity index (χ0v) is 11.3. The Labute approximate surface area is 111 Å². The summed E-state index contributed by atoms with van der Waals surface area (Å²) in [5, 5.41) is 3.09. The zero-order chi connectivity index (χ0) is 12.3. The van der Waals surface area contributed by atoms with Gasteiger partial charge in [-0.2, -0.15) is 0 Å². The van der Waals surface area contributed by atoms with E-state index in [1.165, 1.54) is 18.0 Å². The smallest absolute Gasteiger partial charge is 0.223 e. The first kappa shape index (κ1) is 12.3. The summed E-state index contributed by atoms with van der Waals surface area (Å²) < 4.78 is 14.5. The molecule has 0 radical (unpaired) electrons. The molecule has 0 aliphatic rings. The van der Waals surface area contributed by atoms with Crippen molar-refractivity contribution in [1.82, 2.24) is 9.97 Å². The van der Waals surface area contributed by atoms with Crippen LogP contribution >= 0.6 is 27.7 Å². The van der Waals surface area contributed by atoms with Crippen LogP contribution < -0.4 is 5.32 Å². The number of benzene rings is 1. The fourth-order valence-electron chi connectivity index (χ4n) is 1.16. The molecule has 0 spiro atoms. The van der Waals surface area contributed by atoms with Crippen LogP contribution in [-0.2, 0) is 0 Å². The van der Waals surface area contributed by atoms with Crippen molar-refractivity contribution in [2.24, 2.45) is 0 Å². The highest BCUT2D eigenvalue weighted by Crippen LogP contribution is 2.29. The molecule has 1 heterocycles. The number of rotatable bonds is 3. The Balaban J connectivity index is 2.25. The molecule has 0 unspecified atom stereocenters. The maximum Gasteiger partial charge on any atom is 0.223 e. The first-order valence-corrected chi connectivity index (χ1v) is 6.43. The number of nitrogens with one attached hydrogen (secondary N) is 1. The summed E-state index contributed by atoms with van der Waals surface area (Å²) in [6.45, 7) is 0. The van der Waals surface area contributed by atoms with E-state index in [0.29, 0.717) is 11.0 Å². The molecule has 2 aromatic rings. The molecule has 0 saturated heterocycles. The zero-order valence-electron chi connectivity index (χ0n) is 8.95. The van der Waals surface area contributed by atoms with Crippen molar-refractivity contribution >= 4 is 33.6 Å². The molecule has 1 N–H and O–H groups in total. The van der Waals surface area contributed by atoms with Crippen LogP contribution in [0.3, 0.4) is 0 Å². The Morgan fingerprint density at radius 1 is 1.29 bits per heavy atom. The van der Waals surface area contributed by atoms with Crippen LogP contribution in [-0.4, -0.2) is 17.0 Å². The molecule has 0 aliphatic heterocycles. The SMILES string of the molecule is CNc1ncc(F)c(Sc2ccc(Br)cc2)n1. The molecule has 0 atom stereocenters. The van der Waals surface area contributed by atoms with Gasteiger partial charge in [-0.05, 0) is 24.3 Å². The molecule has 6 heteroatoms. The van der Waals surface area contributed by atoms with Gasteiger partial charge in [-0.15, -0.1) is 0 Å². The highest BCUT2D eigenvalue weighted by molar-refractivity contribution is 9.10. The number of hydrogen-bond acceptors (Lipinski definition) is 4. The van der Waals surface area contributed by atoms with Gasteiger partial charge < -0.3 is 5.32 Å². The van der Waals surface area contributed by atoms with Gasteiger partial charge in [0.2, 0.25) is 5.95 Å². The summed E-state index contributed by atoms with van der Waals surface area (Å²) in [6.07, 6.45) is 1.17. The predicted octanol–water partition coefficient (Wildman–Crippen LogP) is 3.57. The van der Waals surface area contributed by atoms with E-state index in [1.807, 2.05) is 24.3 Å². The molecule has 0 amide bonds. The lowest BCUT2D eigenvalue weighted by molar-refractivity contribution is 0.580. The first-order valence-electron chi connectivity index (χ1n) is 4.83. The Morgan fingerprint density at radius 3 is 2.65 bits per heavy atom. The molecule has 0 saturated carbocycles. The number of hydrogen-bond donors (Lipinski definition) is 1. The van der Waals surface area contributed by atoms with Crippen molar-refractivity contribution in [1.29, 1.82) is 0 Å². The Bertz CT molecular complexity index is 519. The van der Waals surface area contributed by atoms with Gasteiger partial charge in [0, 0.05) is 16.4 Å². The molecular formula is C11H9BrFN3S. The van der Waals surface area contributed by atoms with Crippen LogP contribution in [0.5, 0.6) is 0 Å². The number of halogens is 2. The lowest BCUT2D eigenvalue weighted by atomic mass is 10.4. The van der Waals surface area contributed by atoms with Gasteiger partial charge in [0.1, 0.15) is 5.03 Å². The first-order chi connectivity index (χ1) is 8.19. The predicted molar refractivity (Wildman–Crippen MR) is 69.8 cm³/mol. The van der Waals surface area contributed by atoms with Crippen LogP contribution in [0.15, 0.2) is 44.9 Å². The molecule has 2 rings (SSSR count). The fraction of sp³-hybridized carbons (Fsp3) is 0.0909. The van der Waals surface area contributed by atoms with Gasteiger partial charge in [-0.3, -0.25) is 0 Å². The van der Waals surface area contributed by atoms with E-state index in [2.05, 4.69) is 31.2 Å². The summed E-state index contributed by atoms with van der Waals surface area (Å²) in [5.74, 6) is -0.0112. The fourth-order valence-corrected chi connectivity index (χ4v) is 2.20. The van der Waals surface area contributed by atoms with E-state index in [4.69, 9.17) is 0 Å². The second-order valence-electron chi connectivity index (χ2n) is 3.15. The van der Waals surface area contributed by atoms with E-state index in [9.17, 15) is 4.39 Å². The third-order valence-corrected chi connectivity index (χ3v) is 3.48. The third kappa shape index (κ3) is 3.17. The van der Waals surface area contributed by atoms with E-state index >= 15 is 0 Å². The van der Waals surface area contributed by atoms with Gasteiger partial charge in [0.25, 0.3) is 0 Å². The summed E-state index contributed by atoms with van der Waals surface area (Å²) in [6, 6.07) is 7.60. The lowest BCUT2D eigenvalue weighted by Crippen LogP contribution is -1.98. The van der Waals surface area contributed by atoms with Gasteiger partial charge in [-0.1, -0.05) is 27.7 Å². The van der Waals surface area contributed by atoms with Crippen molar-refractivity contribution in [3.63, 3.8) is 0 Å². The number of aromatic nitrogens is 2.